The molecule has 4 bridgehead atoms. The van der Waals surface area contributed by atoms with E-state index in [0.29, 0.717) is 11.1 Å². The zero-order chi connectivity index (χ0) is 12.3. The maximum Gasteiger partial charge on any atom is 0.128 e. The third-order valence-corrected chi connectivity index (χ3v) is 6.73. The average Bonchev–Trinajstić information content (AvgIpc) is 2.69. The number of thiophene rings is 1. The van der Waals surface area contributed by atoms with E-state index in [0.717, 1.165) is 22.6 Å². The first kappa shape index (κ1) is 10.9. The van der Waals surface area contributed by atoms with Crippen LogP contribution in [-0.4, -0.2) is 0 Å². The summed E-state index contributed by atoms with van der Waals surface area (Å²) in [5.41, 5.74) is 7.05. The fourth-order valence-corrected chi connectivity index (χ4v) is 6.26. The lowest BCUT2D eigenvalue weighted by Gasteiger charge is -2.56. The van der Waals surface area contributed by atoms with E-state index in [1.54, 1.807) is 11.3 Å². The van der Waals surface area contributed by atoms with Crippen molar-refractivity contribution >= 4 is 17.0 Å². The largest absolute Gasteiger partial charge is 0.397 e. The van der Waals surface area contributed by atoms with Gasteiger partial charge in [0.1, 0.15) is 10.9 Å². The van der Waals surface area contributed by atoms with E-state index in [-0.39, 0.29) is 0 Å². The zero-order valence-corrected chi connectivity index (χ0v) is 11.3. The molecule has 4 aliphatic carbocycles. The number of nitrogens with two attached hydrogens (primary N) is 1. The molecule has 0 spiro atoms. The summed E-state index contributed by atoms with van der Waals surface area (Å²) in [6.45, 7) is 0. The number of rotatable bonds is 1. The second kappa shape index (κ2) is 3.51. The van der Waals surface area contributed by atoms with Crippen LogP contribution in [0.1, 0.15) is 48.3 Å². The van der Waals surface area contributed by atoms with Gasteiger partial charge in [-0.05, 0) is 62.3 Å². The number of anilines is 1. The van der Waals surface area contributed by atoms with Gasteiger partial charge >= 0.3 is 0 Å². The summed E-state index contributed by atoms with van der Waals surface area (Å²) in [7, 11) is 0. The Hall–Kier alpha value is -1.01. The molecular weight excluding hydrogens is 240 g/mol. The van der Waals surface area contributed by atoms with Crippen LogP contribution < -0.4 is 5.73 Å². The van der Waals surface area contributed by atoms with E-state index >= 15 is 0 Å². The topological polar surface area (TPSA) is 49.8 Å². The quantitative estimate of drug-likeness (QED) is 0.835. The second-order valence-electron chi connectivity index (χ2n) is 6.70. The van der Waals surface area contributed by atoms with E-state index in [1.807, 2.05) is 0 Å². The predicted molar refractivity (Wildman–Crippen MR) is 73.3 cm³/mol. The van der Waals surface area contributed by atoms with Crippen molar-refractivity contribution < 1.29 is 0 Å². The van der Waals surface area contributed by atoms with Crippen LogP contribution in [-0.2, 0) is 5.41 Å². The molecule has 0 amide bonds. The Balaban J connectivity index is 1.77. The van der Waals surface area contributed by atoms with Crippen LogP contribution in [0.15, 0.2) is 6.07 Å². The van der Waals surface area contributed by atoms with Crippen LogP contribution in [0.2, 0.25) is 0 Å². The number of nitrogen functional groups attached to an aromatic ring is 1. The normalized spacial score (nSPS) is 40.9. The monoisotopic (exact) mass is 258 g/mol. The number of hydrogen-bond donors (Lipinski definition) is 1. The Morgan fingerprint density at radius 3 is 2.17 bits per heavy atom. The molecule has 18 heavy (non-hydrogen) atoms. The molecule has 2 N–H and O–H groups in total. The fraction of sp³-hybridized carbons (Fsp3) is 0.667. The minimum atomic E-state index is 0.392. The Morgan fingerprint density at radius 2 is 1.72 bits per heavy atom. The predicted octanol–water partition coefficient (Wildman–Crippen LogP) is 3.67. The molecule has 0 unspecified atom stereocenters. The van der Waals surface area contributed by atoms with Gasteiger partial charge < -0.3 is 5.73 Å². The van der Waals surface area contributed by atoms with Crippen molar-refractivity contribution in [3.63, 3.8) is 0 Å². The molecule has 4 saturated carbocycles. The molecule has 2 nitrogen and oxygen atoms in total. The van der Waals surface area contributed by atoms with Gasteiger partial charge in [0.25, 0.3) is 0 Å². The second-order valence-corrected chi connectivity index (χ2v) is 7.76. The molecule has 0 radical (unpaired) electrons. The van der Waals surface area contributed by atoms with Crippen molar-refractivity contribution in [1.82, 2.24) is 0 Å². The van der Waals surface area contributed by atoms with Crippen LogP contribution in [0, 0.1) is 29.1 Å². The Labute approximate surface area is 112 Å². The highest BCUT2D eigenvalue weighted by molar-refractivity contribution is 7.13. The van der Waals surface area contributed by atoms with Crippen LogP contribution in [0.5, 0.6) is 0 Å². The van der Waals surface area contributed by atoms with Crippen LogP contribution in [0.3, 0.4) is 0 Å². The van der Waals surface area contributed by atoms with Gasteiger partial charge in [-0.1, -0.05) is 0 Å². The molecule has 0 aromatic carbocycles. The molecular formula is C15H18N2S. The van der Waals surface area contributed by atoms with Crippen molar-refractivity contribution in [2.75, 3.05) is 5.73 Å². The fourth-order valence-electron chi connectivity index (χ4n) is 5.17. The number of hydrogen-bond acceptors (Lipinski definition) is 3. The summed E-state index contributed by atoms with van der Waals surface area (Å²) >= 11 is 1.66. The lowest BCUT2D eigenvalue weighted by atomic mass is 9.49. The molecule has 1 aromatic rings. The molecule has 4 fully saturated rings. The van der Waals surface area contributed by atoms with E-state index in [1.165, 1.54) is 43.4 Å². The molecule has 4 aliphatic rings. The summed E-state index contributed by atoms with van der Waals surface area (Å²) < 4.78 is 0. The summed E-state index contributed by atoms with van der Waals surface area (Å²) in [5.74, 6) is 2.85. The van der Waals surface area contributed by atoms with E-state index in [2.05, 4.69) is 12.1 Å². The number of nitrogens with zero attached hydrogens (tertiary/aromatic N) is 1. The minimum absolute atomic E-state index is 0.392. The highest BCUT2D eigenvalue weighted by Gasteiger charge is 2.52. The van der Waals surface area contributed by atoms with Crippen molar-refractivity contribution in [1.29, 1.82) is 5.26 Å². The van der Waals surface area contributed by atoms with Crippen molar-refractivity contribution in [2.24, 2.45) is 17.8 Å². The van der Waals surface area contributed by atoms with Crippen LogP contribution >= 0.6 is 11.3 Å². The smallest absolute Gasteiger partial charge is 0.128 e. The summed E-state index contributed by atoms with van der Waals surface area (Å²) in [6.07, 6.45) is 8.44. The maximum absolute atomic E-state index is 9.09. The first-order valence-electron chi connectivity index (χ1n) is 6.98. The molecule has 1 heterocycles. The Kier molecular flexibility index (Phi) is 2.12. The van der Waals surface area contributed by atoms with Gasteiger partial charge in [-0.3, -0.25) is 0 Å². The SMILES string of the molecule is N#Cc1sc(C23CC4CC(CC(C4)C2)C3)cc1N. The van der Waals surface area contributed by atoms with Crippen molar-refractivity contribution in [2.45, 2.75) is 43.9 Å². The van der Waals surface area contributed by atoms with Crippen LogP contribution in [0.4, 0.5) is 5.69 Å². The molecule has 1 aromatic heterocycles. The summed E-state index contributed by atoms with van der Waals surface area (Å²) in [6, 6.07) is 4.35. The first-order valence-corrected chi connectivity index (χ1v) is 7.80. The molecule has 3 heteroatoms. The Bertz CT molecular complexity index is 502. The summed E-state index contributed by atoms with van der Waals surface area (Å²) in [4.78, 5) is 2.14. The van der Waals surface area contributed by atoms with Crippen molar-refractivity contribution in [3.05, 3.63) is 15.8 Å². The van der Waals surface area contributed by atoms with E-state index in [9.17, 15) is 0 Å². The van der Waals surface area contributed by atoms with Crippen molar-refractivity contribution in [3.8, 4) is 6.07 Å². The number of nitriles is 1. The zero-order valence-electron chi connectivity index (χ0n) is 10.5. The molecule has 0 aliphatic heterocycles. The first-order chi connectivity index (χ1) is 8.68. The molecule has 5 rings (SSSR count). The Morgan fingerprint density at radius 1 is 1.17 bits per heavy atom. The standard InChI is InChI=1S/C15H18N2S/c16-8-13-12(17)4-14(18-13)15-5-9-1-10(6-15)3-11(2-9)7-15/h4,9-11H,1-3,5-7,17H2. The third-order valence-electron chi connectivity index (χ3n) is 5.42. The average molecular weight is 258 g/mol. The highest BCUT2D eigenvalue weighted by atomic mass is 32.1. The third kappa shape index (κ3) is 1.39. The lowest BCUT2D eigenvalue weighted by molar-refractivity contribution is -0.00345. The highest BCUT2D eigenvalue weighted by Crippen LogP contribution is 2.61. The van der Waals surface area contributed by atoms with Gasteiger partial charge in [0.15, 0.2) is 0 Å². The summed E-state index contributed by atoms with van der Waals surface area (Å²) in [5, 5.41) is 9.09. The van der Waals surface area contributed by atoms with Gasteiger partial charge in [0, 0.05) is 10.3 Å². The van der Waals surface area contributed by atoms with Gasteiger partial charge in [-0.2, -0.15) is 5.26 Å². The van der Waals surface area contributed by atoms with Gasteiger partial charge in [0.2, 0.25) is 0 Å². The van der Waals surface area contributed by atoms with E-state index in [4.69, 9.17) is 11.0 Å². The van der Waals surface area contributed by atoms with Gasteiger partial charge in [0.05, 0.1) is 5.69 Å². The maximum atomic E-state index is 9.09. The molecule has 0 saturated heterocycles. The van der Waals surface area contributed by atoms with Gasteiger partial charge in [-0.25, -0.2) is 0 Å². The molecule has 94 valence electrons. The van der Waals surface area contributed by atoms with Crippen LogP contribution in [0.25, 0.3) is 0 Å². The van der Waals surface area contributed by atoms with Gasteiger partial charge in [-0.15, -0.1) is 11.3 Å². The van der Waals surface area contributed by atoms with E-state index < -0.39 is 0 Å². The molecule has 0 atom stereocenters. The minimum Gasteiger partial charge on any atom is -0.397 e. The lowest BCUT2D eigenvalue weighted by Crippen LogP contribution is -2.48.